The van der Waals surface area contributed by atoms with Gasteiger partial charge in [0, 0.05) is 0 Å². The quantitative estimate of drug-likeness (QED) is 0.468. The van der Waals surface area contributed by atoms with E-state index in [0.717, 1.165) is 28.6 Å². The van der Waals surface area contributed by atoms with Gasteiger partial charge in [-0.2, -0.15) is 17.9 Å². The van der Waals surface area contributed by atoms with E-state index in [1.54, 1.807) is 6.07 Å². The summed E-state index contributed by atoms with van der Waals surface area (Å²) in [6, 6.07) is 10.3. The number of hydrogen-bond acceptors (Lipinski definition) is 6. The fourth-order valence-corrected chi connectivity index (χ4v) is 4.49. The summed E-state index contributed by atoms with van der Waals surface area (Å²) in [5, 5.41) is 12.1. The molecule has 2 aromatic heterocycles. The average molecular weight is 414 g/mol. The van der Waals surface area contributed by atoms with Crippen molar-refractivity contribution >= 4 is 44.9 Å². The summed E-state index contributed by atoms with van der Waals surface area (Å²) in [5.41, 5.74) is 0.111. The molecule has 0 saturated heterocycles. The van der Waals surface area contributed by atoms with E-state index in [1.165, 1.54) is 28.2 Å². The first-order valence-electron chi connectivity index (χ1n) is 7.11. The largest absolute Gasteiger partial charge is 0.416 e. The van der Waals surface area contributed by atoms with Crippen LogP contribution in [0.15, 0.2) is 52.0 Å². The van der Waals surface area contributed by atoms with Crippen molar-refractivity contribution in [2.75, 3.05) is 0 Å². The van der Waals surface area contributed by atoms with Gasteiger partial charge in [0.2, 0.25) is 5.16 Å². The van der Waals surface area contributed by atoms with E-state index in [2.05, 4.69) is 20.5 Å². The number of tetrazole rings is 1. The Kier molecular flexibility index (Phi) is 4.33. The molecule has 0 amide bonds. The highest BCUT2D eigenvalue weighted by atomic mass is 35.5. The predicted molar refractivity (Wildman–Crippen MR) is 92.9 cm³/mol. The van der Waals surface area contributed by atoms with Crippen molar-refractivity contribution in [1.82, 2.24) is 25.2 Å². The van der Waals surface area contributed by atoms with Crippen molar-refractivity contribution in [2.24, 2.45) is 0 Å². The van der Waals surface area contributed by atoms with Gasteiger partial charge in [0.25, 0.3) is 0 Å². The third kappa shape index (κ3) is 3.27. The lowest BCUT2D eigenvalue weighted by molar-refractivity contribution is -0.137. The minimum atomic E-state index is -4.44. The Morgan fingerprint density at radius 2 is 1.92 bits per heavy atom. The number of rotatable bonds is 3. The van der Waals surface area contributed by atoms with Crippen LogP contribution in [-0.4, -0.2) is 25.2 Å². The van der Waals surface area contributed by atoms with Crippen LogP contribution >= 0.6 is 34.7 Å². The highest BCUT2D eigenvalue weighted by molar-refractivity contribution is 8.01. The monoisotopic (exact) mass is 413 g/mol. The summed E-state index contributed by atoms with van der Waals surface area (Å²) < 4.78 is 41.6. The molecule has 2 aromatic carbocycles. The maximum absolute atomic E-state index is 12.9. The zero-order valence-electron chi connectivity index (χ0n) is 12.6. The first-order valence-corrected chi connectivity index (χ1v) is 9.12. The molecule has 11 heteroatoms. The Balaban J connectivity index is 1.70. The second kappa shape index (κ2) is 6.53. The van der Waals surface area contributed by atoms with Gasteiger partial charge in [-0.3, -0.25) is 0 Å². The van der Waals surface area contributed by atoms with Crippen LogP contribution in [0.1, 0.15) is 5.56 Å². The highest BCUT2D eigenvalue weighted by Crippen LogP contribution is 2.36. The van der Waals surface area contributed by atoms with E-state index in [9.17, 15) is 13.2 Å². The Labute approximate surface area is 157 Å². The van der Waals surface area contributed by atoms with Crippen molar-refractivity contribution in [3.8, 4) is 5.69 Å². The topological polar surface area (TPSA) is 56.5 Å². The number of halogens is 4. The molecule has 4 aromatic rings. The maximum Gasteiger partial charge on any atom is 0.416 e. The molecule has 0 fully saturated rings. The molecule has 0 atom stereocenters. The van der Waals surface area contributed by atoms with E-state index >= 15 is 0 Å². The molecule has 26 heavy (non-hydrogen) atoms. The number of thiazole rings is 1. The van der Waals surface area contributed by atoms with Gasteiger partial charge in [0.05, 0.1) is 21.0 Å². The lowest BCUT2D eigenvalue weighted by Gasteiger charge is -2.08. The molecule has 0 radical (unpaired) electrons. The zero-order valence-corrected chi connectivity index (χ0v) is 15.0. The van der Waals surface area contributed by atoms with Crippen LogP contribution in [0.25, 0.3) is 15.9 Å². The molecule has 0 aliphatic rings. The van der Waals surface area contributed by atoms with E-state index in [-0.39, 0.29) is 5.69 Å². The number of benzene rings is 2. The Morgan fingerprint density at radius 1 is 1.12 bits per heavy atom. The Morgan fingerprint density at radius 3 is 2.69 bits per heavy atom. The fraction of sp³-hybridized carbons (Fsp3) is 0.0667. The molecule has 5 nitrogen and oxygen atoms in total. The lowest BCUT2D eigenvalue weighted by Crippen LogP contribution is -2.07. The summed E-state index contributed by atoms with van der Waals surface area (Å²) >= 11 is 8.68. The van der Waals surface area contributed by atoms with Crippen LogP contribution in [0.2, 0.25) is 5.02 Å². The van der Waals surface area contributed by atoms with Crippen molar-refractivity contribution in [2.45, 2.75) is 15.7 Å². The SMILES string of the molecule is FC(F)(F)c1cccc(-n2nnnc2Sc2nc3c(Cl)cccc3s2)c1. The van der Waals surface area contributed by atoms with Crippen LogP contribution < -0.4 is 0 Å². The van der Waals surface area contributed by atoms with Gasteiger partial charge in [-0.1, -0.05) is 23.7 Å². The molecule has 0 saturated carbocycles. The van der Waals surface area contributed by atoms with Crippen LogP contribution in [0, 0.1) is 0 Å². The van der Waals surface area contributed by atoms with Crippen molar-refractivity contribution < 1.29 is 13.2 Å². The third-order valence-electron chi connectivity index (χ3n) is 3.39. The zero-order chi connectivity index (χ0) is 18.3. The molecule has 0 bridgehead atoms. The fourth-order valence-electron chi connectivity index (χ4n) is 2.23. The number of aromatic nitrogens is 5. The molecule has 0 spiro atoms. The molecule has 2 heterocycles. The van der Waals surface area contributed by atoms with Crippen LogP contribution in [0.3, 0.4) is 0 Å². The highest BCUT2D eigenvalue weighted by Gasteiger charge is 2.30. The van der Waals surface area contributed by atoms with Gasteiger partial charge in [-0.15, -0.1) is 16.4 Å². The second-order valence-corrected chi connectivity index (χ2v) is 7.74. The van der Waals surface area contributed by atoms with Crippen LogP contribution in [0.5, 0.6) is 0 Å². The van der Waals surface area contributed by atoms with Gasteiger partial charge in [0.1, 0.15) is 5.52 Å². The summed E-state index contributed by atoms with van der Waals surface area (Å²) in [5.74, 6) is 0. The first kappa shape index (κ1) is 17.3. The Hall–Kier alpha value is -2.17. The summed E-state index contributed by atoms with van der Waals surface area (Å²) in [4.78, 5) is 4.44. The maximum atomic E-state index is 12.9. The van der Waals surface area contributed by atoms with Gasteiger partial charge < -0.3 is 0 Å². The van der Waals surface area contributed by atoms with Crippen molar-refractivity contribution in [3.63, 3.8) is 0 Å². The summed E-state index contributed by atoms with van der Waals surface area (Å²) in [7, 11) is 0. The van der Waals surface area contributed by atoms with Crippen molar-refractivity contribution in [1.29, 1.82) is 0 Å². The van der Waals surface area contributed by atoms with E-state index in [0.29, 0.717) is 20.0 Å². The van der Waals surface area contributed by atoms with Gasteiger partial charge in [-0.05, 0) is 52.5 Å². The molecular formula is C15H7ClF3N5S2. The summed E-state index contributed by atoms with van der Waals surface area (Å²) in [6.45, 7) is 0. The van der Waals surface area contributed by atoms with Crippen molar-refractivity contribution in [3.05, 3.63) is 53.1 Å². The molecule has 132 valence electrons. The minimum Gasteiger partial charge on any atom is -0.228 e. The number of alkyl halides is 3. The smallest absolute Gasteiger partial charge is 0.228 e. The molecule has 4 rings (SSSR count). The number of hydrogen-bond donors (Lipinski definition) is 0. The molecule has 0 unspecified atom stereocenters. The standard InChI is InChI=1S/C15H7ClF3N5S2/c16-10-5-2-6-11-12(10)20-14(25-11)26-13-21-22-23-24(13)9-4-1-3-8(7-9)15(17,18)19/h1-7H. The molecule has 0 aliphatic carbocycles. The van der Waals surface area contributed by atoms with Gasteiger partial charge in [0.15, 0.2) is 4.34 Å². The first-order chi connectivity index (χ1) is 12.4. The van der Waals surface area contributed by atoms with Gasteiger partial charge >= 0.3 is 6.18 Å². The Bertz CT molecular complexity index is 1090. The third-order valence-corrected chi connectivity index (χ3v) is 5.71. The van der Waals surface area contributed by atoms with Gasteiger partial charge in [-0.25, -0.2) is 4.98 Å². The molecular weight excluding hydrogens is 407 g/mol. The van der Waals surface area contributed by atoms with E-state index < -0.39 is 11.7 Å². The average Bonchev–Trinajstić information content (AvgIpc) is 3.22. The summed E-state index contributed by atoms with van der Waals surface area (Å²) in [6.07, 6.45) is -4.44. The second-order valence-electron chi connectivity index (χ2n) is 5.09. The normalized spacial score (nSPS) is 12.0. The van der Waals surface area contributed by atoms with Crippen LogP contribution in [0.4, 0.5) is 13.2 Å². The lowest BCUT2D eigenvalue weighted by atomic mass is 10.2. The molecule has 0 aliphatic heterocycles. The van der Waals surface area contributed by atoms with Crippen LogP contribution in [-0.2, 0) is 6.18 Å². The van der Waals surface area contributed by atoms with E-state index in [1.807, 2.05) is 12.1 Å². The predicted octanol–water partition coefficient (Wildman–Crippen LogP) is 5.10. The minimum absolute atomic E-state index is 0.214. The molecule has 0 N–H and O–H groups in total. The number of para-hydroxylation sites is 1. The number of nitrogens with zero attached hydrogens (tertiary/aromatic N) is 5. The number of fused-ring (bicyclic) bond motifs is 1. The van der Waals surface area contributed by atoms with E-state index in [4.69, 9.17) is 11.6 Å².